The Balaban J connectivity index is 1.82. The Morgan fingerprint density at radius 2 is 1.96 bits per heavy atom. The molecule has 0 aliphatic heterocycles. The number of rotatable bonds is 5. The number of aromatic nitrogens is 3. The minimum atomic E-state index is -0.469. The lowest BCUT2D eigenvalue weighted by atomic mass is 10.1. The van der Waals surface area contributed by atoms with Gasteiger partial charge in [0.1, 0.15) is 0 Å². The molecule has 0 radical (unpaired) electrons. The molecule has 2 heterocycles. The third-order valence-corrected chi connectivity index (χ3v) is 4.26. The fourth-order valence-electron chi connectivity index (χ4n) is 2.94. The first-order chi connectivity index (χ1) is 13.6. The zero-order valence-electron chi connectivity index (χ0n) is 15.2. The average molecular weight is 376 g/mol. The average Bonchev–Trinajstić information content (AvgIpc) is 3.18. The van der Waals surface area contributed by atoms with Gasteiger partial charge in [-0.25, -0.2) is 4.98 Å². The largest absolute Gasteiger partial charge is 0.477 e. The first-order valence-corrected chi connectivity index (χ1v) is 8.69. The molecule has 8 heteroatoms. The number of nitro benzene ring substituents is 1. The Labute approximate surface area is 159 Å². The summed E-state index contributed by atoms with van der Waals surface area (Å²) < 4.78 is 11.0. The number of para-hydroxylation sites is 1. The summed E-state index contributed by atoms with van der Waals surface area (Å²) in [4.78, 5) is 19.6. The normalized spacial score (nSPS) is 10.9. The molecule has 0 unspecified atom stereocenters. The van der Waals surface area contributed by atoms with Crippen molar-refractivity contribution in [2.24, 2.45) is 0 Å². The maximum atomic E-state index is 11.0. The smallest absolute Gasteiger partial charge is 0.270 e. The van der Waals surface area contributed by atoms with Crippen LogP contribution in [-0.2, 0) is 0 Å². The molecule has 0 N–H and O–H groups in total. The van der Waals surface area contributed by atoms with Crippen LogP contribution in [0.3, 0.4) is 0 Å². The molecule has 0 aliphatic carbocycles. The summed E-state index contributed by atoms with van der Waals surface area (Å²) >= 11 is 0. The predicted molar refractivity (Wildman–Crippen MR) is 103 cm³/mol. The van der Waals surface area contributed by atoms with E-state index in [1.807, 2.05) is 38.1 Å². The van der Waals surface area contributed by atoms with E-state index >= 15 is 0 Å². The number of fused-ring (bicyclic) bond motifs is 1. The first-order valence-electron chi connectivity index (χ1n) is 8.69. The van der Waals surface area contributed by atoms with E-state index in [0.717, 1.165) is 16.5 Å². The molecule has 8 nitrogen and oxygen atoms in total. The van der Waals surface area contributed by atoms with Gasteiger partial charge < -0.3 is 9.26 Å². The van der Waals surface area contributed by atoms with E-state index in [0.29, 0.717) is 29.4 Å². The van der Waals surface area contributed by atoms with E-state index in [4.69, 9.17) is 9.26 Å². The van der Waals surface area contributed by atoms with Crippen molar-refractivity contribution in [1.29, 1.82) is 0 Å². The summed E-state index contributed by atoms with van der Waals surface area (Å²) in [6.07, 6.45) is 0. The van der Waals surface area contributed by atoms with E-state index in [1.54, 1.807) is 12.1 Å². The van der Waals surface area contributed by atoms with Crippen LogP contribution in [0.4, 0.5) is 5.69 Å². The highest BCUT2D eigenvalue weighted by atomic mass is 16.6. The number of benzene rings is 2. The van der Waals surface area contributed by atoms with E-state index in [1.165, 1.54) is 12.1 Å². The van der Waals surface area contributed by atoms with Gasteiger partial charge in [0.2, 0.25) is 11.7 Å². The van der Waals surface area contributed by atoms with Gasteiger partial charge in [0.15, 0.2) is 0 Å². The summed E-state index contributed by atoms with van der Waals surface area (Å²) in [6.45, 7) is 4.30. The number of aryl methyl sites for hydroxylation is 1. The van der Waals surface area contributed by atoms with Crippen molar-refractivity contribution < 1.29 is 14.2 Å². The lowest BCUT2D eigenvalue weighted by Gasteiger charge is -2.09. The quantitative estimate of drug-likeness (QED) is 0.371. The highest BCUT2D eigenvalue weighted by Crippen LogP contribution is 2.32. The second-order valence-corrected chi connectivity index (χ2v) is 6.15. The van der Waals surface area contributed by atoms with E-state index in [-0.39, 0.29) is 11.6 Å². The van der Waals surface area contributed by atoms with Crippen molar-refractivity contribution in [2.75, 3.05) is 6.61 Å². The van der Waals surface area contributed by atoms with Gasteiger partial charge >= 0.3 is 0 Å². The predicted octanol–water partition coefficient (Wildman–Crippen LogP) is 4.57. The van der Waals surface area contributed by atoms with Gasteiger partial charge in [-0.05, 0) is 31.5 Å². The second-order valence-electron chi connectivity index (χ2n) is 6.15. The standard InChI is InChI=1S/C20H16N4O4/c1-3-27-20-16(11-13-7-4-6-12(2)17(13)21-20)18-22-19(28-23-18)14-8-5-9-15(10-14)24(25)26/h4-11H,3H2,1-2H3. The van der Waals surface area contributed by atoms with E-state index in [2.05, 4.69) is 15.1 Å². The van der Waals surface area contributed by atoms with Gasteiger partial charge in [0.05, 0.1) is 22.6 Å². The molecule has 2 aromatic heterocycles. The number of hydrogen-bond donors (Lipinski definition) is 0. The Kier molecular flexibility index (Phi) is 4.44. The minimum absolute atomic E-state index is 0.0462. The van der Waals surface area contributed by atoms with Crippen LogP contribution in [0.15, 0.2) is 53.1 Å². The van der Waals surface area contributed by atoms with Crippen LogP contribution >= 0.6 is 0 Å². The summed E-state index contributed by atoms with van der Waals surface area (Å²) in [5, 5.41) is 16.0. The maximum Gasteiger partial charge on any atom is 0.270 e. The highest BCUT2D eigenvalue weighted by molar-refractivity contribution is 5.87. The number of non-ortho nitro benzene ring substituents is 1. The van der Waals surface area contributed by atoms with Crippen molar-refractivity contribution in [3.63, 3.8) is 0 Å². The van der Waals surface area contributed by atoms with Gasteiger partial charge in [0, 0.05) is 23.1 Å². The van der Waals surface area contributed by atoms with Gasteiger partial charge in [0.25, 0.3) is 11.6 Å². The molecule has 2 aromatic carbocycles. The van der Waals surface area contributed by atoms with Crippen LogP contribution < -0.4 is 4.74 Å². The molecule has 28 heavy (non-hydrogen) atoms. The molecule has 0 atom stereocenters. The molecule has 140 valence electrons. The molecular weight excluding hydrogens is 360 g/mol. The van der Waals surface area contributed by atoms with Crippen LogP contribution in [0.1, 0.15) is 12.5 Å². The molecule has 0 bridgehead atoms. The summed E-state index contributed by atoms with van der Waals surface area (Å²) in [6, 6.07) is 13.8. The van der Waals surface area contributed by atoms with Crippen molar-refractivity contribution in [3.8, 4) is 28.7 Å². The van der Waals surface area contributed by atoms with Gasteiger partial charge in [-0.2, -0.15) is 4.98 Å². The molecule has 0 saturated heterocycles. The molecule has 4 rings (SSSR count). The van der Waals surface area contributed by atoms with E-state index < -0.39 is 4.92 Å². The fraction of sp³-hybridized carbons (Fsp3) is 0.150. The van der Waals surface area contributed by atoms with Crippen LogP contribution in [0.5, 0.6) is 5.88 Å². The number of hydrogen-bond acceptors (Lipinski definition) is 7. The van der Waals surface area contributed by atoms with Crippen LogP contribution in [-0.4, -0.2) is 26.7 Å². The van der Waals surface area contributed by atoms with Crippen molar-refractivity contribution in [1.82, 2.24) is 15.1 Å². The third kappa shape index (κ3) is 3.16. The molecule has 4 aromatic rings. The Hall–Kier alpha value is -3.81. The summed E-state index contributed by atoms with van der Waals surface area (Å²) in [5.41, 5.74) is 2.90. The van der Waals surface area contributed by atoms with Gasteiger partial charge in [-0.15, -0.1) is 0 Å². The van der Waals surface area contributed by atoms with Crippen LogP contribution in [0.25, 0.3) is 33.7 Å². The fourth-order valence-corrected chi connectivity index (χ4v) is 2.94. The van der Waals surface area contributed by atoms with Gasteiger partial charge in [-0.3, -0.25) is 10.1 Å². The molecule has 0 saturated carbocycles. The van der Waals surface area contributed by atoms with Gasteiger partial charge in [-0.1, -0.05) is 29.4 Å². The molecule has 0 fully saturated rings. The van der Waals surface area contributed by atoms with Crippen molar-refractivity contribution in [2.45, 2.75) is 13.8 Å². The third-order valence-electron chi connectivity index (χ3n) is 4.26. The highest BCUT2D eigenvalue weighted by Gasteiger charge is 2.19. The number of nitrogens with zero attached hydrogens (tertiary/aromatic N) is 4. The van der Waals surface area contributed by atoms with Crippen molar-refractivity contribution in [3.05, 3.63) is 64.2 Å². The van der Waals surface area contributed by atoms with Crippen molar-refractivity contribution >= 4 is 16.6 Å². The minimum Gasteiger partial charge on any atom is -0.477 e. The summed E-state index contributed by atoms with van der Waals surface area (Å²) in [7, 11) is 0. The monoisotopic (exact) mass is 376 g/mol. The SMILES string of the molecule is CCOc1nc2c(C)cccc2cc1-c1noc(-c2cccc([N+](=O)[O-])c2)n1. The number of pyridine rings is 1. The topological polar surface area (TPSA) is 104 Å². The lowest BCUT2D eigenvalue weighted by Crippen LogP contribution is -1.99. The maximum absolute atomic E-state index is 11.0. The van der Waals surface area contributed by atoms with Crippen LogP contribution in [0, 0.1) is 17.0 Å². The Bertz CT molecular complexity index is 1190. The summed E-state index contributed by atoms with van der Waals surface area (Å²) in [5.74, 6) is 0.905. The molecular formula is C20H16N4O4. The molecule has 0 aliphatic rings. The van der Waals surface area contributed by atoms with Crippen LogP contribution in [0.2, 0.25) is 0 Å². The Morgan fingerprint density at radius 3 is 2.75 bits per heavy atom. The second kappa shape index (κ2) is 7.07. The molecule has 0 spiro atoms. The number of nitro groups is 1. The molecule has 0 amide bonds. The Morgan fingerprint density at radius 1 is 1.14 bits per heavy atom. The first kappa shape index (κ1) is 17.6. The van der Waals surface area contributed by atoms with E-state index in [9.17, 15) is 10.1 Å². The zero-order chi connectivity index (χ0) is 19.7. The number of ether oxygens (including phenoxy) is 1. The lowest BCUT2D eigenvalue weighted by molar-refractivity contribution is -0.384. The zero-order valence-corrected chi connectivity index (χ0v) is 15.2.